The Hall–Kier alpha value is -1.06. The number of carboxylic acids is 1. The number of allylic oxidation sites excluding steroid dienone is 2. The normalized spacial score (nSPS) is 19.0. The van der Waals surface area contributed by atoms with Gasteiger partial charge in [-0.2, -0.15) is 0 Å². The topological polar surface area (TPSA) is 71.4 Å². The van der Waals surface area contributed by atoms with Gasteiger partial charge in [0.15, 0.2) is 0 Å². The van der Waals surface area contributed by atoms with Gasteiger partial charge < -0.3 is 0 Å². The Bertz CT molecular complexity index is 808. The van der Waals surface area contributed by atoms with E-state index in [0.717, 1.165) is 24.8 Å². The van der Waals surface area contributed by atoms with Gasteiger partial charge in [0.2, 0.25) is 0 Å². The van der Waals surface area contributed by atoms with E-state index in [0.29, 0.717) is 4.90 Å². The number of hydrogen-bond donors (Lipinski definition) is 1. The number of aliphatic carboxylic acids is 1. The van der Waals surface area contributed by atoms with Crippen molar-refractivity contribution in [2.75, 3.05) is 0 Å². The summed E-state index contributed by atoms with van der Waals surface area (Å²) < 4.78 is 24.7. The van der Waals surface area contributed by atoms with Crippen molar-refractivity contribution in [2.24, 2.45) is 5.92 Å². The van der Waals surface area contributed by atoms with Crippen LogP contribution in [0.3, 0.4) is 0 Å². The molecule has 0 spiro atoms. The fourth-order valence-electron chi connectivity index (χ4n) is 3.55. The van der Waals surface area contributed by atoms with E-state index in [-0.39, 0.29) is 5.92 Å². The van der Waals surface area contributed by atoms with Crippen LogP contribution in [0, 0.1) is 5.92 Å². The average molecular weight is 409 g/mol. The van der Waals surface area contributed by atoms with Crippen molar-refractivity contribution in [3.63, 3.8) is 0 Å². The predicted molar refractivity (Wildman–Crippen MR) is 94.7 cm³/mol. The van der Waals surface area contributed by atoms with Crippen molar-refractivity contribution < 1.29 is 18.3 Å². The maximum absolute atomic E-state index is 12.7. The fourth-order valence-corrected chi connectivity index (χ4v) is 10.3. The Morgan fingerprint density at radius 1 is 1.21 bits per heavy atom. The number of fused-ring (bicyclic) bond motifs is 2. The molecule has 1 aromatic carbocycles. The summed E-state index contributed by atoms with van der Waals surface area (Å²) >= 11 is -1.34. The Labute approximate surface area is 148 Å². The maximum atomic E-state index is 12.7. The SMILES string of the molecule is CC(C)[C@H]([As]S(=O)(=O)c1ccc2c(c1)CC1=C2CCCC1)C(=O)O. The zero-order chi connectivity index (χ0) is 17.5. The number of rotatable bonds is 5. The summed E-state index contributed by atoms with van der Waals surface area (Å²) in [7, 11) is -3.51. The van der Waals surface area contributed by atoms with Crippen molar-refractivity contribution in [1.82, 2.24) is 0 Å². The first-order valence-corrected chi connectivity index (χ1v) is 13.2. The first-order chi connectivity index (χ1) is 11.3. The molecule has 1 atom stereocenters. The van der Waals surface area contributed by atoms with Crippen molar-refractivity contribution in [2.45, 2.75) is 55.6 Å². The number of carbonyl (C=O) groups is 1. The average Bonchev–Trinajstić information content (AvgIpc) is 2.89. The van der Waals surface area contributed by atoms with Crippen LogP contribution in [-0.4, -0.2) is 34.1 Å². The second-order valence-electron chi connectivity index (χ2n) is 6.89. The quantitative estimate of drug-likeness (QED) is 0.756. The van der Waals surface area contributed by atoms with Crippen LogP contribution < -0.4 is 0 Å². The third-order valence-corrected chi connectivity index (χ3v) is 12.4. The van der Waals surface area contributed by atoms with Gasteiger partial charge >= 0.3 is 149 Å². The summed E-state index contributed by atoms with van der Waals surface area (Å²) in [5.74, 6) is -1.19. The summed E-state index contributed by atoms with van der Waals surface area (Å²) in [6.45, 7) is 3.54. The molecule has 3 rings (SSSR count). The van der Waals surface area contributed by atoms with Gasteiger partial charge in [-0.05, 0) is 0 Å². The Morgan fingerprint density at radius 3 is 2.58 bits per heavy atom. The first-order valence-electron chi connectivity index (χ1n) is 8.33. The van der Waals surface area contributed by atoms with Crippen LogP contribution in [0.5, 0.6) is 0 Å². The van der Waals surface area contributed by atoms with Crippen LogP contribution in [0.1, 0.15) is 50.7 Å². The van der Waals surface area contributed by atoms with Gasteiger partial charge in [-0.3, -0.25) is 0 Å². The molecule has 0 heterocycles. The van der Waals surface area contributed by atoms with Gasteiger partial charge in [0.05, 0.1) is 0 Å². The van der Waals surface area contributed by atoms with Gasteiger partial charge in [0, 0.05) is 0 Å². The van der Waals surface area contributed by atoms with Crippen LogP contribution >= 0.6 is 0 Å². The van der Waals surface area contributed by atoms with E-state index in [4.69, 9.17) is 0 Å². The zero-order valence-corrected chi connectivity index (χ0v) is 16.6. The van der Waals surface area contributed by atoms with Crippen molar-refractivity contribution in [3.8, 4) is 0 Å². The van der Waals surface area contributed by atoms with Gasteiger partial charge in [-0.15, -0.1) is 0 Å². The second-order valence-corrected chi connectivity index (χ2v) is 14.0. The molecule has 0 amide bonds. The van der Waals surface area contributed by atoms with Crippen molar-refractivity contribution in [3.05, 3.63) is 34.9 Å². The molecule has 6 heteroatoms. The molecule has 129 valence electrons. The van der Waals surface area contributed by atoms with Gasteiger partial charge in [0.25, 0.3) is 0 Å². The Morgan fingerprint density at radius 2 is 1.92 bits per heavy atom. The van der Waals surface area contributed by atoms with Gasteiger partial charge in [-0.25, -0.2) is 0 Å². The first kappa shape index (κ1) is 17.8. The van der Waals surface area contributed by atoms with Crippen LogP contribution in [0.4, 0.5) is 0 Å². The van der Waals surface area contributed by atoms with Crippen LogP contribution in [0.25, 0.3) is 5.57 Å². The van der Waals surface area contributed by atoms with Gasteiger partial charge in [0.1, 0.15) is 0 Å². The summed E-state index contributed by atoms with van der Waals surface area (Å²) in [5.41, 5.74) is 5.18. The van der Waals surface area contributed by atoms with Crippen LogP contribution in [0.15, 0.2) is 28.7 Å². The Kier molecular flexibility index (Phi) is 4.94. The third kappa shape index (κ3) is 3.34. The second kappa shape index (κ2) is 6.68. The molecule has 0 fully saturated rings. The summed E-state index contributed by atoms with van der Waals surface area (Å²) in [5, 5.41) is 9.30. The predicted octanol–water partition coefficient (Wildman–Crippen LogP) is 3.49. The van der Waals surface area contributed by atoms with E-state index >= 15 is 0 Å². The minimum atomic E-state index is -3.51. The van der Waals surface area contributed by atoms with E-state index in [1.165, 1.54) is 29.6 Å². The van der Waals surface area contributed by atoms with Crippen molar-refractivity contribution >= 4 is 34.2 Å². The monoisotopic (exact) mass is 409 g/mol. The van der Waals surface area contributed by atoms with E-state index in [1.54, 1.807) is 26.0 Å². The number of benzene rings is 1. The molecule has 0 saturated heterocycles. The molecule has 1 radical (unpaired) electrons. The molecule has 1 N–H and O–H groups in total. The summed E-state index contributed by atoms with van der Waals surface area (Å²) in [6, 6.07) is 5.40. The fraction of sp³-hybridized carbons (Fsp3) is 0.500. The summed E-state index contributed by atoms with van der Waals surface area (Å²) in [6.07, 6.45) is 5.49. The molecule has 2 aliphatic carbocycles. The molecule has 0 unspecified atom stereocenters. The standard InChI is InChI=1S/C18H22AsO4S/c1-11(2)17(18(20)21)19-24(22,23)14-7-8-16-13(10-14)9-12-5-3-4-6-15(12)16/h7-8,10-11,17H,3-6,9H2,1-2H3,(H,20,21)/t17-/m0/s1. The van der Waals surface area contributed by atoms with E-state index < -0.39 is 33.4 Å². The molecule has 24 heavy (non-hydrogen) atoms. The molecule has 1 aromatic rings. The Balaban J connectivity index is 1.88. The molecular formula is C18H22AsO4S. The zero-order valence-electron chi connectivity index (χ0n) is 13.9. The number of hydrogen-bond acceptors (Lipinski definition) is 3. The third-order valence-electron chi connectivity index (χ3n) is 4.82. The minimum absolute atomic E-state index is 0.180. The number of carboxylic acid groups (broad SMARTS) is 1. The van der Waals surface area contributed by atoms with E-state index in [2.05, 4.69) is 0 Å². The summed E-state index contributed by atoms with van der Waals surface area (Å²) in [4.78, 5) is 11.7. The molecule has 4 nitrogen and oxygen atoms in total. The van der Waals surface area contributed by atoms with Crippen molar-refractivity contribution in [1.29, 1.82) is 0 Å². The van der Waals surface area contributed by atoms with E-state index in [1.807, 2.05) is 6.07 Å². The van der Waals surface area contributed by atoms with Crippen LogP contribution in [0.2, 0.25) is 4.71 Å². The molecule has 0 saturated carbocycles. The van der Waals surface area contributed by atoms with Gasteiger partial charge in [-0.1, -0.05) is 0 Å². The molecule has 0 aromatic heterocycles. The molecule has 0 bridgehead atoms. The van der Waals surface area contributed by atoms with Crippen LogP contribution in [-0.2, 0) is 19.3 Å². The van der Waals surface area contributed by atoms with E-state index in [9.17, 15) is 18.3 Å². The molecule has 2 aliphatic rings. The molecular weight excluding hydrogens is 387 g/mol. The molecule has 0 aliphatic heterocycles.